The van der Waals surface area contributed by atoms with Crippen molar-refractivity contribution in [2.75, 3.05) is 0 Å². The summed E-state index contributed by atoms with van der Waals surface area (Å²) in [6.07, 6.45) is 1.61. The molecule has 1 rings (SSSR count). The fourth-order valence-electron chi connectivity index (χ4n) is 0.581. The molecule has 0 saturated carbocycles. The highest BCUT2D eigenvalue weighted by molar-refractivity contribution is 7.79. The lowest BCUT2D eigenvalue weighted by molar-refractivity contribution is 1.17. The number of hydrogen-bond acceptors (Lipinski definition) is 2. The van der Waals surface area contributed by atoms with Crippen LogP contribution in [0.4, 0.5) is 0 Å². The van der Waals surface area contributed by atoms with Crippen molar-refractivity contribution in [3.05, 3.63) is 34.2 Å². The molecule has 0 atom stereocenters. The van der Waals surface area contributed by atoms with E-state index >= 15 is 0 Å². The van der Waals surface area contributed by atoms with Crippen LogP contribution in [0.25, 0.3) is 0 Å². The molecule has 2 nitrogen and oxygen atoms in total. The number of hydrogen-bond donors (Lipinski definition) is 2. The van der Waals surface area contributed by atoms with Crippen LogP contribution in [0.3, 0.4) is 0 Å². The zero-order chi connectivity index (χ0) is 6.69. The quantitative estimate of drug-likeness (QED) is 0.557. The maximum atomic E-state index is 10.7. The van der Waals surface area contributed by atoms with E-state index in [0.717, 1.165) is 0 Å². The number of pyridine rings is 1. The summed E-state index contributed by atoms with van der Waals surface area (Å²) < 4.78 is 0. The van der Waals surface area contributed by atoms with Gasteiger partial charge in [0.1, 0.15) is 0 Å². The third-order valence-electron chi connectivity index (χ3n) is 1.07. The molecule has 1 aromatic rings. The van der Waals surface area contributed by atoms with Crippen molar-refractivity contribution in [1.29, 1.82) is 0 Å². The molecule has 0 aromatic carbocycles. The molecule has 1 heterocycles. The Hall–Kier alpha value is -0.700. The van der Waals surface area contributed by atoms with Crippen LogP contribution < -0.4 is 5.56 Å². The van der Waals surface area contributed by atoms with Crippen LogP contribution in [0.2, 0.25) is 0 Å². The van der Waals surface area contributed by atoms with Crippen LogP contribution in [0.1, 0.15) is 5.56 Å². The molecule has 0 aliphatic carbocycles. The predicted molar refractivity (Wildman–Crippen MR) is 39.8 cm³/mol. The second-order valence-electron chi connectivity index (χ2n) is 1.68. The molecular weight excluding hydrogens is 134 g/mol. The Balaban J connectivity index is 3.16. The lowest BCUT2D eigenvalue weighted by Gasteiger charge is -1.89. The SMILES string of the molecule is O=c1[nH]cccc1CS. The highest BCUT2D eigenvalue weighted by Crippen LogP contribution is 1.92. The Morgan fingerprint density at radius 2 is 2.44 bits per heavy atom. The van der Waals surface area contributed by atoms with Crippen molar-refractivity contribution >= 4 is 12.6 Å². The van der Waals surface area contributed by atoms with Crippen molar-refractivity contribution in [3.63, 3.8) is 0 Å². The third-order valence-corrected chi connectivity index (χ3v) is 1.41. The van der Waals surface area contributed by atoms with Gasteiger partial charge < -0.3 is 4.98 Å². The van der Waals surface area contributed by atoms with Gasteiger partial charge >= 0.3 is 0 Å². The second-order valence-corrected chi connectivity index (χ2v) is 2.00. The van der Waals surface area contributed by atoms with Gasteiger partial charge in [-0.15, -0.1) is 0 Å². The number of aromatic amines is 1. The van der Waals surface area contributed by atoms with E-state index in [1.165, 1.54) is 0 Å². The smallest absolute Gasteiger partial charge is 0.251 e. The van der Waals surface area contributed by atoms with Crippen LogP contribution in [-0.2, 0) is 5.75 Å². The summed E-state index contributed by atoms with van der Waals surface area (Å²) in [5.41, 5.74) is 0.660. The van der Waals surface area contributed by atoms with Gasteiger partial charge in [0, 0.05) is 17.5 Å². The Morgan fingerprint density at radius 1 is 1.67 bits per heavy atom. The first-order valence-corrected chi connectivity index (χ1v) is 3.25. The third kappa shape index (κ3) is 1.36. The van der Waals surface area contributed by atoms with Gasteiger partial charge in [-0.2, -0.15) is 12.6 Å². The first-order valence-electron chi connectivity index (χ1n) is 2.62. The van der Waals surface area contributed by atoms with Crippen molar-refractivity contribution in [2.45, 2.75) is 5.75 Å². The van der Waals surface area contributed by atoms with Crippen molar-refractivity contribution in [3.8, 4) is 0 Å². The molecule has 0 saturated heterocycles. The largest absolute Gasteiger partial charge is 0.329 e. The van der Waals surface area contributed by atoms with Gasteiger partial charge in [0.05, 0.1) is 0 Å². The van der Waals surface area contributed by atoms with Crippen LogP contribution in [0, 0.1) is 0 Å². The number of thiol groups is 1. The highest BCUT2D eigenvalue weighted by Gasteiger charge is 1.90. The van der Waals surface area contributed by atoms with E-state index in [1.807, 2.05) is 0 Å². The normalized spacial score (nSPS) is 9.44. The van der Waals surface area contributed by atoms with Crippen molar-refractivity contribution < 1.29 is 0 Å². The number of rotatable bonds is 1. The van der Waals surface area contributed by atoms with E-state index < -0.39 is 0 Å². The zero-order valence-corrected chi connectivity index (χ0v) is 5.69. The topological polar surface area (TPSA) is 32.9 Å². The van der Waals surface area contributed by atoms with Gasteiger partial charge in [-0.3, -0.25) is 4.79 Å². The molecule has 0 aliphatic rings. The van der Waals surface area contributed by atoms with Crippen LogP contribution in [0.15, 0.2) is 23.1 Å². The number of nitrogens with one attached hydrogen (secondary N) is 1. The van der Waals surface area contributed by atoms with Gasteiger partial charge in [0.15, 0.2) is 0 Å². The molecular formula is C6H7NOS. The predicted octanol–water partition coefficient (Wildman–Crippen LogP) is 0.805. The minimum Gasteiger partial charge on any atom is -0.329 e. The summed E-state index contributed by atoms with van der Waals surface area (Å²) in [5.74, 6) is 0.496. The Bertz CT molecular complexity index is 243. The molecule has 3 heteroatoms. The summed E-state index contributed by atoms with van der Waals surface area (Å²) >= 11 is 3.96. The van der Waals surface area contributed by atoms with Crippen LogP contribution in [0.5, 0.6) is 0 Å². The van der Waals surface area contributed by atoms with Gasteiger partial charge in [0.25, 0.3) is 5.56 Å². The summed E-state index contributed by atoms with van der Waals surface area (Å²) in [5, 5.41) is 0. The minimum absolute atomic E-state index is 0.0486. The Labute approximate surface area is 58.3 Å². The minimum atomic E-state index is -0.0486. The summed E-state index contributed by atoms with van der Waals surface area (Å²) in [7, 11) is 0. The summed E-state index contributed by atoms with van der Waals surface area (Å²) in [6, 6.07) is 3.54. The Kier molecular flexibility index (Phi) is 1.95. The second kappa shape index (κ2) is 2.73. The molecule has 0 amide bonds. The molecule has 1 N–H and O–H groups in total. The monoisotopic (exact) mass is 141 g/mol. The maximum Gasteiger partial charge on any atom is 0.251 e. The molecule has 0 radical (unpaired) electrons. The highest BCUT2D eigenvalue weighted by atomic mass is 32.1. The van der Waals surface area contributed by atoms with Crippen molar-refractivity contribution in [1.82, 2.24) is 4.98 Å². The van der Waals surface area contributed by atoms with E-state index in [0.29, 0.717) is 11.3 Å². The van der Waals surface area contributed by atoms with Gasteiger partial charge in [0.2, 0.25) is 0 Å². The van der Waals surface area contributed by atoms with Crippen molar-refractivity contribution in [2.24, 2.45) is 0 Å². The Morgan fingerprint density at radius 3 is 2.89 bits per heavy atom. The van der Waals surface area contributed by atoms with E-state index in [4.69, 9.17) is 0 Å². The van der Waals surface area contributed by atoms with Crippen LogP contribution >= 0.6 is 12.6 Å². The lowest BCUT2D eigenvalue weighted by atomic mass is 10.3. The fraction of sp³-hybridized carbons (Fsp3) is 0.167. The molecule has 1 aromatic heterocycles. The molecule has 0 bridgehead atoms. The first-order chi connectivity index (χ1) is 4.34. The molecule has 48 valence electrons. The van der Waals surface area contributed by atoms with Gasteiger partial charge in [-0.1, -0.05) is 6.07 Å². The first kappa shape index (κ1) is 6.42. The van der Waals surface area contributed by atoms with E-state index in [9.17, 15) is 4.79 Å². The van der Waals surface area contributed by atoms with E-state index in [2.05, 4.69) is 17.6 Å². The number of H-pyrrole nitrogens is 1. The van der Waals surface area contributed by atoms with Gasteiger partial charge in [-0.25, -0.2) is 0 Å². The number of aromatic nitrogens is 1. The molecule has 0 unspecified atom stereocenters. The molecule has 0 spiro atoms. The fourth-order valence-corrected chi connectivity index (χ4v) is 0.830. The standard InChI is InChI=1S/C6H7NOS/c8-6-5(4-9)2-1-3-7-6/h1-3,9H,4H2,(H,7,8). The molecule has 0 fully saturated rings. The summed E-state index contributed by atoms with van der Waals surface area (Å²) in [4.78, 5) is 13.3. The van der Waals surface area contributed by atoms with Gasteiger partial charge in [-0.05, 0) is 6.07 Å². The molecule has 9 heavy (non-hydrogen) atoms. The van der Waals surface area contributed by atoms with E-state index in [-0.39, 0.29) is 5.56 Å². The molecule has 0 aliphatic heterocycles. The summed E-state index contributed by atoms with van der Waals surface area (Å²) in [6.45, 7) is 0. The zero-order valence-electron chi connectivity index (χ0n) is 4.79. The lowest BCUT2D eigenvalue weighted by Crippen LogP contribution is -2.08. The average Bonchev–Trinajstić information content (AvgIpc) is 1.89. The van der Waals surface area contributed by atoms with E-state index in [1.54, 1.807) is 18.3 Å². The maximum absolute atomic E-state index is 10.7. The van der Waals surface area contributed by atoms with Crippen LogP contribution in [-0.4, -0.2) is 4.98 Å². The average molecular weight is 141 g/mol.